The first-order valence-corrected chi connectivity index (χ1v) is 13.0. The zero-order valence-corrected chi connectivity index (χ0v) is 23.5. The van der Waals surface area contributed by atoms with Crippen LogP contribution in [0.25, 0.3) is 12.2 Å². The Morgan fingerprint density at radius 2 is 1.19 bits per heavy atom. The number of aliphatic imine (C=N–C) groups is 3. The number of hydrogen-bond donors (Lipinski definition) is 0. The highest BCUT2D eigenvalue weighted by Crippen LogP contribution is 2.12. The van der Waals surface area contributed by atoms with Gasteiger partial charge in [-0.05, 0) is 47.4 Å². The van der Waals surface area contributed by atoms with Crippen molar-refractivity contribution in [2.45, 2.75) is 48.5 Å². The van der Waals surface area contributed by atoms with E-state index in [0.717, 1.165) is 22.3 Å². The third-order valence-electron chi connectivity index (χ3n) is 4.21. The van der Waals surface area contributed by atoms with Gasteiger partial charge in [0.15, 0.2) is 11.6 Å². The quantitative estimate of drug-likeness (QED) is 0.175. The summed E-state index contributed by atoms with van der Waals surface area (Å²) in [4.78, 5) is 17.1. The molecule has 0 fully saturated rings. The van der Waals surface area contributed by atoms with Crippen molar-refractivity contribution in [1.29, 1.82) is 0 Å². The molecule has 4 nitrogen and oxygen atoms in total. The SMILES string of the molecule is C=C/C=C(\N=C/C)/N=C/c1ccc(/C=C/c2ccc(/C=N/c3ccccn3)cc2)cc1.CC.CC.CC. The number of aromatic nitrogens is 1. The molecule has 0 saturated heterocycles. The predicted molar refractivity (Wildman–Crippen MR) is 167 cm³/mol. The molecule has 0 amide bonds. The third-order valence-corrected chi connectivity index (χ3v) is 4.21. The van der Waals surface area contributed by atoms with E-state index in [9.17, 15) is 0 Å². The van der Waals surface area contributed by atoms with Crippen molar-refractivity contribution in [2.75, 3.05) is 0 Å². The summed E-state index contributed by atoms with van der Waals surface area (Å²) >= 11 is 0. The van der Waals surface area contributed by atoms with Gasteiger partial charge in [0, 0.05) is 24.8 Å². The van der Waals surface area contributed by atoms with Gasteiger partial charge in [0.05, 0.1) is 0 Å². The van der Waals surface area contributed by atoms with Gasteiger partial charge in [-0.1, -0.05) is 121 Å². The van der Waals surface area contributed by atoms with Gasteiger partial charge in [-0.15, -0.1) is 0 Å². The lowest BCUT2D eigenvalue weighted by Gasteiger charge is -1.98. The lowest BCUT2D eigenvalue weighted by Crippen LogP contribution is -1.83. The Balaban J connectivity index is 0.00000201. The van der Waals surface area contributed by atoms with Crippen LogP contribution in [-0.2, 0) is 0 Å². The molecule has 0 N–H and O–H groups in total. The molecule has 0 aliphatic rings. The van der Waals surface area contributed by atoms with Crippen molar-refractivity contribution in [1.82, 2.24) is 4.98 Å². The number of pyridine rings is 1. The first kappa shape index (κ1) is 32.8. The standard InChI is InChI=1S/C27H24N4.3C2H6/c1-3-7-26(28-4-2)30-20-24-15-11-22(12-16-24)9-10-23-13-17-25(18-14-23)21-31-27-8-5-6-19-29-27;3*1-2/h3-21H,1H2,2H3;3*1-2H3/b10-9+,26-7+,28-4-,30-20+,31-21+;;;. The summed E-state index contributed by atoms with van der Waals surface area (Å²) < 4.78 is 0. The van der Waals surface area contributed by atoms with E-state index in [2.05, 4.69) is 63.0 Å². The molecule has 0 bridgehead atoms. The van der Waals surface area contributed by atoms with E-state index < -0.39 is 0 Å². The second-order valence-electron chi connectivity index (χ2n) is 6.52. The van der Waals surface area contributed by atoms with Crippen LogP contribution in [-0.4, -0.2) is 23.6 Å². The van der Waals surface area contributed by atoms with Crippen LogP contribution in [0.15, 0.2) is 112 Å². The predicted octanol–water partition coefficient (Wildman–Crippen LogP) is 9.62. The van der Waals surface area contributed by atoms with Crippen LogP contribution in [0.3, 0.4) is 0 Å². The number of nitrogens with zero attached hydrogens (tertiary/aromatic N) is 4. The molecule has 2 aromatic carbocycles. The average Bonchev–Trinajstić information content (AvgIpc) is 2.99. The minimum atomic E-state index is 0.620. The lowest BCUT2D eigenvalue weighted by atomic mass is 10.1. The number of benzene rings is 2. The van der Waals surface area contributed by atoms with E-state index in [4.69, 9.17) is 0 Å². The van der Waals surface area contributed by atoms with E-state index in [1.54, 1.807) is 30.8 Å². The third kappa shape index (κ3) is 14.1. The molecule has 0 unspecified atom stereocenters. The molecule has 1 heterocycles. The largest absolute Gasteiger partial charge is 0.242 e. The van der Waals surface area contributed by atoms with Crippen molar-refractivity contribution in [3.8, 4) is 0 Å². The minimum absolute atomic E-state index is 0.620. The molecule has 0 saturated carbocycles. The fourth-order valence-electron chi connectivity index (χ4n) is 2.65. The molecule has 0 radical (unpaired) electrons. The fourth-order valence-corrected chi connectivity index (χ4v) is 2.65. The van der Waals surface area contributed by atoms with Crippen LogP contribution in [0.5, 0.6) is 0 Å². The van der Waals surface area contributed by atoms with Gasteiger partial charge in [0.1, 0.15) is 0 Å². The number of allylic oxidation sites excluding steroid dienone is 2. The van der Waals surface area contributed by atoms with Crippen molar-refractivity contribution in [3.05, 3.63) is 120 Å². The Kier molecular flexibility index (Phi) is 19.8. The van der Waals surface area contributed by atoms with Crippen molar-refractivity contribution >= 4 is 36.6 Å². The normalized spacial score (nSPS) is 10.9. The zero-order valence-electron chi connectivity index (χ0n) is 23.5. The van der Waals surface area contributed by atoms with E-state index in [0.29, 0.717) is 11.6 Å². The van der Waals surface area contributed by atoms with Gasteiger partial charge in [-0.2, -0.15) is 0 Å². The van der Waals surface area contributed by atoms with Crippen LogP contribution in [0, 0.1) is 0 Å². The van der Waals surface area contributed by atoms with Crippen molar-refractivity contribution < 1.29 is 0 Å². The van der Waals surface area contributed by atoms with Crippen LogP contribution in [0.4, 0.5) is 5.82 Å². The summed E-state index contributed by atoms with van der Waals surface area (Å²) in [6.07, 6.45) is 14.7. The van der Waals surface area contributed by atoms with Crippen molar-refractivity contribution in [2.24, 2.45) is 15.0 Å². The molecular weight excluding hydrogens is 452 g/mol. The van der Waals surface area contributed by atoms with Crippen LogP contribution >= 0.6 is 0 Å². The lowest BCUT2D eigenvalue weighted by molar-refractivity contribution is 1.25. The maximum atomic E-state index is 4.37. The van der Waals surface area contributed by atoms with Crippen molar-refractivity contribution in [3.63, 3.8) is 0 Å². The maximum absolute atomic E-state index is 4.37. The molecular formula is C33H42N4. The van der Waals surface area contributed by atoms with Gasteiger partial charge in [-0.3, -0.25) is 0 Å². The number of rotatable bonds is 8. The smallest absolute Gasteiger partial charge is 0.151 e. The Morgan fingerprint density at radius 3 is 1.65 bits per heavy atom. The van der Waals surface area contributed by atoms with Gasteiger partial charge in [-0.25, -0.2) is 20.0 Å². The monoisotopic (exact) mass is 494 g/mol. The van der Waals surface area contributed by atoms with Crippen LogP contribution in [0.2, 0.25) is 0 Å². The highest BCUT2D eigenvalue weighted by Gasteiger charge is 1.93. The Bertz CT molecular complexity index is 1120. The summed E-state index contributed by atoms with van der Waals surface area (Å²) in [5.41, 5.74) is 4.28. The maximum Gasteiger partial charge on any atom is 0.151 e. The minimum Gasteiger partial charge on any atom is -0.242 e. The van der Waals surface area contributed by atoms with Gasteiger partial charge >= 0.3 is 0 Å². The molecule has 3 aromatic rings. The molecule has 0 aliphatic carbocycles. The Morgan fingerprint density at radius 1 is 0.676 bits per heavy atom. The molecule has 37 heavy (non-hydrogen) atoms. The molecule has 1 aromatic heterocycles. The van der Waals surface area contributed by atoms with Crippen LogP contribution in [0.1, 0.15) is 70.7 Å². The molecule has 3 rings (SSSR count). The first-order chi connectivity index (χ1) is 18.3. The van der Waals surface area contributed by atoms with E-state index >= 15 is 0 Å². The molecule has 4 heteroatoms. The summed E-state index contributed by atoms with van der Waals surface area (Å²) in [5.74, 6) is 1.32. The van der Waals surface area contributed by atoms with Gasteiger partial charge in [0.2, 0.25) is 0 Å². The first-order valence-electron chi connectivity index (χ1n) is 13.0. The molecule has 0 atom stereocenters. The summed E-state index contributed by atoms with van der Waals surface area (Å²) in [6.45, 7) is 17.5. The molecule has 0 aliphatic heterocycles. The highest BCUT2D eigenvalue weighted by atomic mass is 14.9. The highest BCUT2D eigenvalue weighted by molar-refractivity contribution is 5.83. The van der Waals surface area contributed by atoms with E-state index in [1.807, 2.05) is 97.1 Å². The van der Waals surface area contributed by atoms with E-state index in [-0.39, 0.29) is 0 Å². The molecule has 0 spiro atoms. The topological polar surface area (TPSA) is 50.0 Å². The second-order valence-corrected chi connectivity index (χ2v) is 6.52. The zero-order chi connectivity index (χ0) is 27.7. The average molecular weight is 495 g/mol. The molecule has 194 valence electrons. The number of hydrogen-bond acceptors (Lipinski definition) is 4. The summed E-state index contributed by atoms with van der Waals surface area (Å²) in [5, 5.41) is 0. The fraction of sp³-hybridized carbons (Fsp3) is 0.212. The second kappa shape index (κ2) is 22.3. The van der Waals surface area contributed by atoms with Gasteiger partial charge < -0.3 is 0 Å². The van der Waals surface area contributed by atoms with Crippen LogP contribution < -0.4 is 0 Å². The van der Waals surface area contributed by atoms with E-state index in [1.165, 1.54) is 0 Å². The summed E-state index contributed by atoms with van der Waals surface area (Å²) in [6, 6.07) is 22.1. The van der Waals surface area contributed by atoms with Gasteiger partial charge in [0.25, 0.3) is 0 Å². The Hall–Kier alpha value is -4.18. The summed E-state index contributed by atoms with van der Waals surface area (Å²) in [7, 11) is 0. The Labute approximate surface area is 224 Å².